The Hall–Kier alpha value is -0.900. The summed E-state index contributed by atoms with van der Waals surface area (Å²) in [6.45, 7) is 7.87. The Bertz CT molecular complexity index is 356. The maximum absolute atomic E-state index is 12.5. The van der Waals surface area contributed by atoms with Gasteiger partial charge in [-0.05, 0) is 58.3 Å². The normalized spacial score (nSPS) is 19.2. The lowest BCUT2D eigenvalue weighted by Gasteiger charge is -2.27. The van der Waals surface area contributed by atoms with Crippen LogP contribution in [0, 0.1) is 17.3 Å². The van der Waals surface area contributed by atoms with E-state index in [0.29, 0.717) is 13.2 Å². The lowest BCUT2D eigenvalue weighted by Crippen LogP contribution is -2.43. The Balaban J connectivity index is 1.89. The van der Waals surface area contributed by atoms with E-state index < -0.39 is 11.4 Å². The summed E-state index contributed by atoms with van der Waals surface area (Å²) in [7, 11) is 0. The fourth-order valence-corrected chi connectivity index (χ4v) is 2.36. The van der Waals surface area contributed by atoms with Crippen LogP contribution in [0.5, 0.6) is 0 Å². The van der Waals surface area contributed by atoms with Gasteiger partial charge in [0, 0.05) is 13.1 Å². The summed E-state index contributed by atoms with van der Waals surface area (Å²) in [6, 6.07) is 0. The highest BCUT2D eigenvalue weighted by Gasteiger charge is 2.39. The second-order valence-corrected chi connectivity index (χ2v) is 6.85. The number of esters is 1. The highest BCUT2D eigenvalue weighted by atomic mass is 16.5. The molecule has 0 atom stereocenters. The maximum atomic E-state index is 12.5. The number of rotatable bonds is 9. The van der Waals surface area contributed by atoms with Gasteiger partial charge in [0.05, 0.1) is 13.2 Å². The van der Waals surface area contributed by atoms with Crippen LogP contribution in [0.15, 0.2) is 0 Å². The molecule has 0 saturated heterocycles. The smallest absolute Gasteiger partial charge is 0.319 e. The molecule has 2 aliphatic carbocycles. The molecule has 0 aromatic carbocycles. The predicted octanol–water partition coefficient (Wildman–Crippen LogP) is 2.27. The average Bonchev–Trinajstić information content (AvgIpc) is 3.25. The van der Waals surface area contributed by atoms with Crippen molar-refractivity contribution < 1.29 is 14.3 Å². The van der Waals surface area contributed by atoms with Crippen LogP contribution >= 0.6 is 0 Å². The molecule has 0 spiro atoms. The van der Waals surface area contributed by atoms with Crippen LogP contribution in [0.1, 0.15) is 46.5 Å². The highest BCUT2D eigenvalue weighted by molar-refractivity contribution is 6.03. The minimum Gasteiger partial charge on any atom is -0.465 e. The van der Waals surface area contributed by atoms with Crippen molar-refractivity contribution in [1.82, 2.24) is 4.90 Å². The molecular weight excluding hydrogens is 254 g/mol. The second kappa shape index (κ2) is 6.25. The topological polar surface area (TPSA) is 46.6 Å². The van der Waals surface area contributed by atoms with Crippen LogP contribution in [0.4, 0.5) is 0 Å². The van der Waals surface area contributed by atoms with Gasteiger partial charge in [0.25, 0.3) is 0 Å². The fraction of sp³-hybridized carbons (Fsp3) is 0.875. The molecule has 2 fully saturated rings. The number of carbonyl (C=O) groups excluding carboxylic acids is 2. The third kappa shape index (κ3) is 4.30. The van der Waals surface area contributed by atoms with Gasteiger partial charge in [-0.15, -0.1) is 0 Å². The molecule has 0 heterocycles. The number of ether oxygens (including phenoxy) is 1. The Morgan fingerprint density at radius 3 is 2.00 bits per heavy atom. The Labute approximate surface area is 121 Å². The molecule has 0 amide bonds. The van der Waals surface area contributed by atoms with E-state index in [1.54, 1.807) is 20.8 Å². The van der Waals surface area contributed by atoms with Crippen molar-refractivity contribution in [3.05, 3.63) is 0 Å². The van der Waals surface area contributed by atoms with Gasteiger partial charge in [0.2, 0.25) is 0 Å². The summed E-state index contributed by atoms with van der Waals surface area (Å²) >= 11 is 0. The molecule has 0 aromatic heterocycles. The highest BCUT2D eigenvalue weighted by Crippen LogP contribution is 2.34. The largest absolute Gasteiger partial charge is 0.465 e. The Morgan fingerprint density at radius 1 is 1.10 bits per heavy atom. The molecule has 0 aliphatic heterocycles. The zero-order chi connectivity index (χ0) is 14.8. The number of Topliss-reactive ketones (excluding diaryl/α,β-unsaturated/α-hetero) is 1. The number of carbonyl (C=O) groups is 2. The zero-order valence-electron chi connectivity index (χ0n) is 13.0. The van der Waals surface area contributed by atoms with Crippen molar-refractivity contribution in [2.24, 2.45) is 17.3 Å². The van der Waals surface area contributed by atoms with Gasteiger partial charge in [-0.1, -0.05) is 0 Å². The number of ketones is 1. The number of nitrogens with zero attached hydrogens (tertiary/aromatic N) is 1. The molecule has 2 saturated carbocycles. The van der Waals surface area contributed by atoms with Crippen molar-refractivity contribution in [3.8, 4) is 0 Å². The van der Waals surface area contributed by atoms with Gasteiger partial charge >= 0.3 is 5.97 Å². The molecule has 2 rings (SSSR count). The Kier molecular flexibility index (Phi) is 4.84. The van der Waals surface area contributed by atoms with Crippen molar-refractivity contribution in [3.63, 3.8) is 0 Å². The summed E-state index contributed by atoms with van der Waals surface area (Å²) in [5.41, 5.74) is -1.03. The molecule has 0 unspecified atom stereocenters. The van der Waals surface area contributed by atoms with Gasteiger partial charge in [-0.25, -0.2) is 0 Å². The summed E-state index contributed by atoms with van der Waals surface area (Å²) < 4.78 is 5.02. The molecule has 2 aliphatic rings. The molecule has 0 bridgehead atoms. The lowest BCUT2D eigenvalue weighted by atomic mass is 9.87. The third-order valence-corrected chi connectivity index (χ3v) is 4.28. The molecule has 0 N–H and O–H groups in total. The minimum absolute atomic E-state index is 0.0164. The first kappa shape index (κ1) is 15.5. The summed E-state index contributed by atoms with van der Waals surface area (Å²) in [4.78, 5) is 26.6. The summed E-state index contributed by atoms with van der Waals surface area (Å²) in [6.07, 6.45) is 5.15. The predicted molar refractivity (Wildman–Crippen MR) is 77.3 cm³/mol. The van der Waals surface area contributed by atoms with Gasteiger partial charge in [-0.3, -0.25) is 14.5 Å². The fourth-order valence-electron chi connectivity index (χ4n) is 2.36. The van der Waals surface area contributed by atoms with E-state index in [-0.39, 0.29) is 5.78 Å². The van der Waals surface area contributed by atoms with Crippen LogP contribution in [0.25, 0.3) is 0 Å². The molecule has 4 nitrogen and oxygen atoms in total. The van der Waals surface area contributed by atoms with Crippen LogP contribution < -0.4 is 0 Å². The number of hydrogen-bond donors (Lipinski definition) is 0. The van der Waals surface area contributed by atoms with Crippen molar-refractivity contribution >= 4 is 11.8 Å². The van der Waals surface area contributed by atoms with Crippen LogP contribution in [0.2, 0.25) is 0 Å². The Morgan fingerprint density at radius 2 is 1.60 bits per heavy atom. The van der Waals surface area contributed by atoms with Crippen LogP contribution in [-0.2, 0) is 14.3 Å². The molecule has 0 radical (unpaired) electrons. The summed E-state index contributed by atoms with van der Waals surface area (Å²) in [5.74, 6) is 1.12. The first-order valence-electron chi connectivity index (χ1n) is 7.86. The van der Waals surface area contributed by atoms with Crippen LogP contribution in [0.3, 0.4) is 0 Å². The van der Waals surface area contributed by atoms with E-state index in [9.17, 15) is 9.59 Å². The number of hydrogen-bond acceptors (Lipinski definition) is 4. The summed E-state index contributed by atoms with van der Waals surface area (Å²) in [5, 5.41) is 0. The lowest BCUT2D eigenvalue weighted by molar-refractivity contribution is -0.158. The van der Waals surface area contributed by atoms with E-state index in [2.05, 4.69) is 4.90 Å². The maximum Gasteiger partial charge on any atom is 0.319 e. The third-order valence-electron chi connectivity index (χ3n) is 4.28. The van der Waals surface area contributed by atoms with E-state index in [1.807, 2.05) is 0 Å². The van der Waals surface area contributed by atoms with Gasteiger partial charge < -0.3 is 4.74 Å². The van der Waals surface area contributed by atoms with Crippen LogP contribution in [-0.4, -0.2) is 42.9 Å². The monoisotopic (exact) mass is 281 g/mol. The van der Waals surface area contributed by atoms with Crippen molar-refractivity contribution in [1.29, 1.82) is 0 Å². The molecular formula is C16H27NO3. The van der Waals surface area contributed by atoms with E-state index in [1.165, 1.54) is 25.7 Å². The molecule has 20 heavy (non-hydrogen) atoms. The minimum atomic E-state index is -1.03. The van der Waals surface area contributed by atoms with Crippen molar-refractivity contribution in [2.45, 2.75) is 46.5 Å². The van der Waals surface area contributed by atoms with E-state index in [4.69, 9.17) is 4.74 Å². The van der Waals surface area contributed by atoms with Gasteiger partial charge in [0.15, 0.2) is 5.78 Å². The average molecular weight is 281 g/mol. The first-order chi connectivity index (χ1) is 9.43. The zero-order valence-corrected chi connectivity index (χ0v) is 13.0. The van der Waals surface area contributed by atoms with Gasteiger partial charge in [0.1, 0.15) is 5.41 Å². The van der Waals surface area contributed by atoms with Gasteiger partial charge in [-0.2, -0.15) is 0 Å². The van der Waals surface area contributed by atoms with Crippen molar-refractivity contribution in [2.75, 3.05) is 26.2 Å². The first-order valence-corrected chi connectivity index (χ1v) is 7.86. The second-order valence-electron chi connectivity index (χ2n) is 6.85. The molecule has 4 heteroatoms. The van der Waals surface area contributed by atoms with E-state index >= 15 is 0 Å². The molecule has 0 aromatic rings. The standard InChI is InChI=1S/C16H27NO3/c1-4-20-15(19)16(2,3)14(18)11-17(9-12-5-6-12)10-13-7-8-13/h12-13H,4-11H2,1-3H3. The molecule has 114 valence electrons. The van der Waals surface area contributed by atoms with E-state index in [0.717, 1.165) is 24.9 Å². The SMILES string of the molecule is CCOC(=O)C(C)(C)C(=O)CN(CC1CC1)CC1CC1. The quantitative estimate of drug-likeness (QED) is 0.480.